The molecular formula is C20H14ClFN4O2. The summed E-state index contributed by atoms with van der Waals surface area (Å²) < 4.78 is 20.5. The Morgan fingerprint density at radius 2 is 2.07 bits per heavy atom. The first-order chi connectivity index (χ1) is 13.6. The lowest BCUT2D eigenvalue weighted by Gasteiger charge is -2.10. The highest BCUT2D eigenvalue weighted by molar-refractivity contribution is 6.30. The van der Waals surface area contributed by atoms with Crippen molar-refractivity contribution < 1.29 is 13.9 Å². The number of carbonyl (C=O) groups is 1. The van der Waals surface area contributed by atoms with Gasteiger partial charge in [0.15, 0.2) is 0 Å². The van der Waals surface area contributed by atoms with Gasteiger partial charge in [-0.15, -0.1) is 0 Å². The zero-order chi connectivity index (χ0) is 19.5. The number of ether oxygens (including phenoxy) is 1. The lowest BCUT2D eigenvalue weighted by Crippen LogP contribution is -2.09. The van der Waals surface area contributed by atoms with Crippen LogP contribution >= 0.6 is 11.6 Å². The number of carbonyl (C=O) groups excluding carboxylic acids is 1. The molecule has 3 heterocycles. The molecular weight excluding hydrogens is 383 g/mol. The summed E-state index contributed by atoms with van der Waals surface area (Å²) in [7, 11) is 0. The zero-order valence-electron chi connectivity index (χ0n) is 14.5. The van der Waals surface area contributed by atoms with Crippen molar-refractivity contribution in [3.05, 3.63) is 89.2 Å². The van der Waals surface area contributed by atoms with Gasteiger partial charge < -0.3 is 14.5 Å². The van der Waals surface area contributed by atoms with Crippen molar-refractivity contribution in [1.29, 1.82) is 0 Å². The highest BCUT2D eigenvalue weighted by Gasteiger charge is 2.15. The third-order valence-corrected chi connectivity index (χ3v) is 4.15. The second kappa shape index (κ2) is 7.66. The number of esters is 1. The molecule has 4 rings (SSSR count). The Morgan fingerprint density at radius 1 is 1.18 bits per heavy atom. The number of imidazole rings is 1. The first-order valence-corrected chi connectivity index (χ1v) is 8.74. The summed E-state index contributed by atoms with van der Waals surface area (Å²) in [5.74, 6) is -0.681. The van der Waals surface area contributed by atoms with Gasteiger partial charge in [0.05, 0.1) is 10.7 Å². The van der Waals surface area contributed by atoms with E-state index in [0.29, 0.717) is 22.1 Å². The minimum absolute atomic E-state index is 0.00751. The summed E-state index contributed by atoms with van der Waals surface area (Å²) in [6, 6.07) is 12.6. The molecule has 1 N–H and O–H groups in total. The molecule has 0 amide bonds. The van der Waals surface area contributed by atoms with Gasteiger partial charge in [0.2, 0.25) is 0 Å². The van der Waals surface area contributed by atoms with E-state index in [-0.39, 0.29) is 18.0 Å². The van der Waals surface area contributed by atoms with Gasteiger partial charge in [-0.3, -0.25) is 0 Å². The average Bonchev–Trinajstić information content (AvgIpc) is 3.08. The lowest BCUT2D eigenvalue weighted by molar-refractivity contribution is 0.0469. The normalized spacial score (nSPS) is 10.8. The summed E-state index contributed by atoms with van der Waals surface area (Å²) in [5.41, 5.74) is 1.99. The van der Waals surface area contributed by atoms with Crippen LogP contribution in [0, 0.1) is 5.82 Å². The van der Waals surface area contributed by atoms with Crippen LogP contribution in [0.5, 0.6) is 0 Å². The van der Waals surface area contributed by atoms with Crippen molar-refractivity contribution in [3.63, 3.8) is 0 Å². The molecule has 3 aromatic heterocycles. The first-order valence-electron chi connectivity index (χ1n) is 8.36. The molecule has 0 saturated carbocycles. The van der Waals surface area contributed by atoms with E-state index in [4.69, 9.17) is 16.3 Å². The van der Waals surface area contributed by atoms with Crippen molar-refractivity contribution in [2.75, 3.05) is 5.32 Å². The Bertz CT molecular complexity index is 1160. The fourth-order valence-electron chi connectivity index (χ4n) is 2.68. The van der Waals surface area contributed by atoms with Gasteiger partial charge in [-0.1, -0.05) is 17.7 Å². The predicted molar refractivity (Wildman–Crippen MR) is 103 cm³/mol. The van der Waals surface area contributed by atoms with E-state index in [2.05, 4.69) is 15.3 Å². The third kappa shape index (κ3) is 3.94. The molecule has 28 heavy (non-hydrogen) atoms. The van der Waals surface area contributed by atoms with Crippen LogP contribution in [0.4, 0.5) is 15.9 Å². The minimum Gasteiger partial charge on any atom is -0.455 e. The number of hydrogen-bond donors (Lipinski definition) is 1. The number of halogens is 2. The van der Waals surface area contributed by atoms with E-state index in [1.165, 1.54) is 18.3 Å². The van der Waals surface area contributed by atoms with Gasteiger partial charge in [-0.25, -0.2) is 19.2 Å². The third-order valence-electron chi connectivity index (χ3n) is 3.93. The summed E-state index contributed by atoms with van der Waals surface area (Å²) >= 11 is 5.96. The topological polar surface area (TPSA) is 68.5 Å². The van der Waals surface area contributed by atoms with E-state index in [0.717, 1.165) is 0 Å². The number of fused-ring (bicyclic) bond motifs is 1. The quantitative estimate of drug-likeness (QED) is 0.498. The van der Waals surface area contributed by atoms with Gasteiger partial charge >= 0.3 is 5.97 Å². The molecule has 8 heteroatoms. The van der Waals surface area contributed by atoms with Crippen LogP contribution in [0.2, 0.25) is 5.02 Å². The minimum atomic E-state index is -0.568. The van der Waals surface area contributed by atoms with Crippen LogP contribution in [-0.2, 0) is 11.3 Å². The van der Waals surface area contributed by atoms with Gasteiger partial charge in [0, 0.05) is 24.3 Å². The Labute approximate surface area is 164 Å². The Balaban J connectivity index is 1.50. The standard InChI is InChI=1S/C20H14ClFN4O2/c21-13-6-7-18-24-16(11-26(18)10-13)12-28-20(27)17-5-2-8-23-19(17)25-15-4-1-3-14(22)9-15/h1-11H,12H2,(H,23,25). The number of nitrogens with zero attached hydrogens (tertiary/aromatic N) is 3. The summed E-state index contributed by atoms with van der Waals surface area (Å²) in [4.78, 5) is 21.1. The zero-order valence-corrected chi connectivity index (χ0v) is 15.2. The fourth-order valence-corrected chi connectivity index (χ4v) is 2.84. The van der Waals surface area contributed by atoms with E-state index in [1.54, 1.807) is 53.2 Å². The van der Waals surface area contributed by atoms with Crippen molar-refractivity contribution >= 4 is 34.7 Å². The maximum Gasteiger partial charge on any atom is 0.342 e. The van der Waals surface area contributed by atoms with Crippen molar-refractivity contribution in [1.82, 2.24) is 14.4 Å². The SMILES string of the molecule is O=C(OCc1cn2cc(Cl)ccc2n1)c1cccnc1Nc1cccc(F)c1. The van der Waals surface area contributed by atoms with Crippen LogP contribution in [0.1, 0.15) is 16.1 Å². The molecule has 0 unspecified atom stereocenters. The Hall–Kier alpha value is -3.45. The highest BCUT2D eigenvalue weighted by atomic mass is 35.5. The van der Waals surface area contributed by atoms with E-state index in [1.807, 2.05) is 0 Å². The van der Waals surface area contributed by atoms with Crippen LogP contribution in [0.3, 0.4) is 0 Å². The molecule has 0 aliphatic rings. The van der Waals surface area contributed by atoms with Crippen LogP contribution in [0.25, 0.3) is 5.65 Å². The largest absolute Gasteiger partial charge is 0.455 e. The maximum atomic E-state index is 13.4. The summed E-state index contributed by atoms with van der Waals surface area (Å²) in [6.07, 6.45) is 4.99. The Kier molecular flexibility index (Phi) is 4.90. The molecule has 6 nitrogen and oxygen atoms in total. The van der Waals surface area contributed by atoms with Crippen LogP contribution in [-0.4, -0.2) is 20.3 Å². The number of pyridine rings is 2. The predicted octanol–water partition coefficient (Wildman–Crippen LogP) is 4.62. The number of anilines is 2. The molecule has 0 spiro atoms. The van der Waals surface area contributed by atoms with Crippen molar-refractivity contribution in [2.45, 2.75) is 6.61 Å². The molecule has 0 fully saturated rings. The van der Waals surface area contributed by atoms with E-state index in [9.17, 15) is 9.18 Å². The van der Waals surface area contributed by atoms with Gasteiger partial charge in [-0.2, -0.15) is 0 Å². The lowest BCUT2D eigenvalue weighted by atomic mass is 10.2. The van der Waals surface area contributed by atoms with Gasteiger partial charge in [0.1, 0.15) is 29.5 Å². The highest BCUT2D eigenvalue weighted by Crippen LogP contribution is 2.20. The number of aromatic nitrogens is 3. The molecule has 4 aromatic rings. The summed E-state index contributed by atoms with van der Waals surface area (Å²) in [6.45, 7) is -0.00751. The van der Waals surface area contributed by atoms with Gasteiger partial charge in [-0.05, 0) is 42.5 Å². The molecule has 1 aromatic carbocycles. The molecule has 0 aliphatic heterocycles. The Morgan fingerprint density at radius 3 is 2.93 bits per heavy atom. The second-order valence-electron chi connectivity index (χ2n) is 5.96. The molecule has 140 valence electrons. The number of hydrogen-bond acceptors (Lipinski definition) is 5. The van der Waals surface area contributed by atoms with Crippen molar-refractivity contribution in [3.8, 4) is 0 Å². The van der Waals surface area contributed by atoms with Crippen LogP contribution in [0.15, 0.2) is 67.1 Å². The molecule has 0 radical (unpaired) electrons. The second-order valence-corrected chi connectivity index (χ2v) is 6.39. The van der Waals surface area contributed by atoms with Gasteiger partial charge in [0.25, 0.3) is 0 Å². The molecule has 0 aliphatic carbocycles. The molecule has 0 saturated heterocycles. The number of benzene rings is 1. The number of nitrogens with one attached hydrogen (secondary N) is 1. The van der Waals surface area contributed by atoms with Crippen LogP contribution < -0.4 is 5.32 Å². The average molecular weight is 397 g/mol. The van der Waals surface area contributed by atoms with E-state index >= 15 is 0 Å². The molecule has 0 atom stereocenters. The van der Waals surface area contributed by atoms with E-state index < -0.39 is 11.8 Å². The fraction of sp³-hybridized carbons (Fsp3) is 0.0500. The smallest absolute Gasteiger partial charge is 0.342 e. The summed E-state index contributed by atoms with van der Waals surface area (Å²) in [5, 5.41) is 3.51. The van der Waals surface area contributed by atoms with Crippen molar-refractivity contribution in [2.24, 2.45) is 0 Å². The monoisotopic (exact) mass is 396 g/mol. The maximum absolute atomic E-state index is 13.4. The number of rotatable bonds is 5. The molecule has 0 bridgehead atoms. The first kappa shape index (κ1) is 17.9.